The van der Waals surface area contributed by atoms with Gasteiger partial charge in [0.2, 0.25) is 0 Å². The number of aliphatic imine (C=N–C) groups is 1. The number of rotatable bonds is 6. The molecule has 0 unspecified atom stereocenters. The van der Waals surface area contributed by atoms with Crippen LogP contribution in [0.5, 0.6) is 5.75 Å². The van der Waals surface area contributed by atoms with Crippen molar-refractivity contribution in [3.05, 3.63) is 29.8 Å². The maximum absolute atomic E-state index is 5.55. The van der Waals surface area contributed by atoms with Crippen LogP contribution in [0.4, 0.5) is 0 Å². The molecule has 2 saturated carbocycles. The van der Waals surface area contributed by atoms with E-state index in [1.54, 1.807) is 7.11 Å². The van der Waals surface area contributed by atoms with Gasteiger partial charge in [-0.05, 0) is 38.7 Å². The van der Waals surface area contributed by atoms with Gasteiger partial charge < -0.3 is 15.4 Å². The molecule has 0 aromatic heterocycles. The third kappa shape index (κ3) is 4.55. The zero-order valence-corrected chi connectivity index (χ0v) is 17.1. The van der Waals surface area contributed by atoms with Gasteiger partial charge in [-0.1, -0.05) is 31.0 Å². The summed E-state index contributed by atoms with van der Waals surface area (Å²) in [5.41, 5.74) is 1.48. The van der Waals surface area contributed by atoms with Gasteiger partial charge in [-0.15, -0.1) is 24.0 Å². The molecule has 1 aromatic rings. The molecule has 0 bridgehead atoms. The minimum absolute atomic E-state index is 0. The number of methoxy groups -OCH3 is 1. The van der Waals surface area contributed by atoms with Crippen LogP contribution in [0, 0.1) is 0 Å². The zero-order valence-electron chi connectivity index (χ0n) is 14.8. The Labute approximate surface area is 162 Å². The average molecular weight is 443 g/mol. The first-order valence-corrected chi connectivity index (χ1v) is 8.96. The highest BCUT2D eigenvalue weighted by molar-refractivity contribution is 14.0. The molecule has 0 heterocycles. The van der Waals surface area contributed by atoms with Crippen molar-refractivity contribution in [3.8, 4) is 5.75 Å². The lowest BCUT2D eigenvalue weighted by molar-refractivity contribution is 0.404. The number of guanidine groups is 1. The van der Waals surface area contributed by atoms with Gasteiger partial charge >= 0.3 is 0 Å². The number of halogens is 1. The maximum Gasteiger partial charge on any atom is 0.191 e. The van der Waals surface area contributed by atoms with Crippen LogP contribution in [0.2, 0.25) is 0 Å². The fourth-order valence-electron chi connectivity index (χ4n) is 3.56. The van der Waals surface area contributed by atoms with Crippen molar-refractivity contribution < 1.29 is 4.74 Å². The van der Waals surface area contributed by atoms with Crippen LogP contribution >= 0.6 is 24.0 Å². The minimum atomic E-state index is 0. The Bertz CT molecular complexity index is 551. The largest absolute Gasteiger partial charge is 0.496 e. The Balaban J connectivity index is 0.00000208. The van der Waals surface area contributed by atoms with Crippen molar-refractivity contribution in [3.63, 3.8) is 0 Å². The standard InChI is InChI=1S/C19H29N3O.HI/c1-3-20-18(22-15-8-4-5-9-15)21-14-19(12-13-19)16-10-6-7-11-17(16)23-2;/h6-7,10-11,15H,3-5,8-9,12-14H2,1-2H3,(H2,20,21,22);1H. The van der Waals surface area contributed by atoms with Gasteiger partial charge in [0.15, 0.2) is 5.96 Å². The number of nitrogens with zero attached hydrogens (tertiary/aromatic N) is 1. The quantitative estimate of drug-likeness (QED) is 0.399. The number of ether oxygens (including phenoxy) is 1. The van der Waals surface area contributed by atoms with Gasteiger partial charge in [0, 0.05) is 23.6 Å². The Kier molecular flexibility index (Phi) is 7.19. The zero-order chi connectivity index (χ0) is 16.1. The topological polar surface area (TPSA) is 45.7 Å². The monoisotopic (exact) mass is 443 g/mol. The van der Waals surface area contributed by atoms with E-state index in [9.17, 15) is 0 Å². The van der Waals surface area contributed by atoms with Gasteiger partial charge in [0.1, 0.15) is 5.75 Å². The smallest absolute Gasteiger partial charge is 0.191 e. The predicted octanol–water partition coefficient (Wildman–Crippen LogP) is 3.84. The number of nitrogens with one attached hydrogen (secondary N) is 2. The summed E-state index contributed by atoms with van der Waals surface area (Å²) in [6, 6.07) is 8.98. The maximum atomic E-state index is 5.55. The summed E-state index contributed by atoms with van der Waals surface area (Å²) in [5.74, 6) is 1.97. The van der Waals surface area contributed by atoms with Crippen LogP contribution in [-0.4, -0.2) is 32.2 Å². The second-order valence-electron chi connectivity index (χ2n) is 6.80. The molecule has 24 heavy (non-hydrogen) atoms. The average Bonchev–Trinajstić information content (AvgIpc) is 3.20. The van der Waals surface area contributed by atoms with Crippen LogP contribution < -0.4 is 15.4 Å². The summed E-state index contributed by atoms with van der Waals surface area (Å²) in [6.45, 7) is 3.86. The van der Waals surface area contributed by atoms with E-state index < -0.39 is 0 Å². The van der Waals surface area contributed by atoms with Crippen molar-refractivity contribution in [2.75, 3.05) is 20.2 Å². The van der Waals surface area contributed by atoms with Gasteiger partial charge in [-0.25, -0.2) is 0 Å². The van der Waals surface area contributed by atoms with Crippen LogP contribution in [0.15, 0.2) is 29.3 Å². The van der Waals surface area contributed by atoms with Gasteiger partial charge in [0.25, 0.3) is 0 Å². The highest BCUT2D eigenvalue weighted by Crippen LogP contribution is 2.51. The third-order valence-corrected chi connectivity index (χ3v) is 5.11. The van der Waals surface area contributed by atoms with E-state index in [0.717, 1.165) is 24.8 Å². The second-order valence-corrected chi connectivity index (χ2v) is 6.80. The van der Waals surface area contributed by atoms with Crippen LogP contribution in [-0.2, 0) is 5.41 Å². The molecule has 4 nitrogen and oxygen atoms in total. The first kappa shape index (κ1) is 19.3. The minimum Gasteiger partial charge on any atom is -0.496 e. The van der Waals surface area contributed by atoms with E-state index in [4.69, 9.17) is 9.73 Å². The Morgan fingerprint density at radius 2 is 1.96 bits per heavy atom. The second kappa shape index (κ2) is 8.92. The van der Waals surface area contributed by atoms with E-state index in [1.807, 2.05) is 6.07 Å². The molecule has 2 aliphatic rings. The van der Waals surface area contributed by atoms with Crippen molar-refractivity contribution in [1.29, 1.82) is 0 Å². The Hall–Kier alpha value is -0.980. The molecule has 134 valence electrons. The normalized spacial score (nSPS) is 19.5. The highest BCUT2D eigenvalue weighted by atomic mass is 127. The van der Waals surface area contributed by atoms with Crippen LogP contribution in [0.1, 0.15) is 51.0 Å². The summed E-state index contributed by atoms with van der Waals surface area (Å²) in [5, 5.41) is 7.00. The van der Waals surface area contributed by atoms with Crippen molar-refractivity contribution in [2.24, 2.45) is 4.99 Å². The highest BCUT2D eigenvalue weighted by Gasteiger charge is 2.46. The van der Waals surface area contributed by atoms with E-state index in [-0.39, 0.29) is 29.4 Å². The Morgan fingerprint density at radius 3 is 2.58 bits per heavy atom. The predicted molar refractivity (Wildman–Crippen MR) is 111 cm³/mol. The van der Waals surface area contributed by atoms with Crippen molar-refractivity contribution in [1.82, 2.24) is 10.6 Å². The summed E-state index contributed by atoms with van der Waals surface area (Å²) < 4.78 is 5.55. The first-order valence-electron chi connectivity index (χ1n) is 8.96. The van der Waals surface area contributed by atoms with Crippen LogP contribution in [0.25, 0.3) is 0 Å². The molecule has 2 aliphatic carbocycles. The number of hydrogen-bond donors (Lipinski definition) is 2. The molecular formula is C19H30IN3O. The molecule has 2 N–H and O–H groups in total. The van der Waals surface area contributed by atoms with Gasteiger partial charge in [0.05, 0.1) is 13.7 Å². The van der Waals surface area contributed by atoms with E-state index in [2.05, 4.69) is 35.8 Å². The van der Waals surface area contributed by atoms with E-state index >= 15 is 0 Å². The van der Waals surface area contributed by atoms with Crippen LogP contribution in [0.3, 0.4) is 0 Å². The summed E-state index contributed by atoms with van der Waals surface area (Å²) in [7, 11) is 1.75. The molecule has 0 radical (unpaired) electrons. The molecule has 0 atom stereocenters. The molecule has 0 amide bonds. The van der Waals surface area contributed by atoms with Crippen molar-refractivity contribution >= 4 is 29.9 Å². The fourth-order valence-corrected chi connectivity index (χ4v) is 3.56. The molecule has 0 aliphatic heterocycles. The lowest BCUT2D eigenvalue weighted by Crippen LogP contribution is -2.42. The lowest BCUT2D eigenvalue weighted by atomic mass is 9.95. The van der Waals surface area contributed by atoms with Crippen molar-refractivity contribution in [2.45, 2.75) is 56.9 Å². The van der Waals surface area contributed by atoms with E-state index in [1.165, 1.54) is 44.1 Å². The molecule has 0 saturated heterocycles. The summed E-state index contributed by atoms with van der Waals surface area (Å²) in [4.78, 5) is 4.90. The first-order chi connectivity index (χ1) is 11.3. The SMILES string of the molecule is CCNC(=NCC1(c2ccccc2OC)CC1)NC1CCCC1.I. The Morgan fingerprint density at radius 1 is 1.25 bits per heavy atom. The van der Waals surface area contributed by atoms with E-state index in [0.29, 0.717) is 6.04 Å². The number of hydrogen-bond acceptors (Lipinski definition) is 2. The molecule has 1 aromatic carbocycles. The molecule has 0 spiro atoms. The summed E-state index contributed by atoms with van der Waals surface area (Å²) >= 11 is 0. The fraction of sp³-hybridized carbons (Fsp3) is 0.632. The number of benzene rings is 1. The molecule has 2 fully saturated rings. The number of para-hydroxylation sites is 1. The lowest BCUT2D eigenvalue weighted by Gasteiger charge is -2.20. The summed E-state index contributed by atoms with van der Waals surface area (Å²) in [6.07, 6.45) is 7.59. The molecular weight excluding hydrogens is 413 g/mol. The third-order valence-electron chi connectivity index (χ3n) is 5.11. The van der Waals surface area contributed by atoms with Gasteiger partial charge in [-0.2, -0.15) is 0 Å². The van der Waals surface area contributed by atoms with Gasteiger partial charge in [-0.3, -0.25) is 4.99 Å². The molecule has 5 heteroatoms. The molecule has 3 rings (SSSR count).